The monoisotopic (exact) mass is 326 g/mol. The quantitative estimate of drug-likeness (QED) is 0.736. The van der Waals surface area contributed by atoms with Crippen LogP contribution in [0.1, 0.15) is 0 Å². The molecule has 0 saturated heterocycles. The summed E-state index contributed by atoms with van der Waals surface area (Å²) in [5, 5.41) is 0.437. The van der Waals surface area contributed by atoms with Crippen LogP contribution in [-0.2, 0) is 0 Å². The smallest absolute Gasteiger partial charge is 0.231 e. The molecule has 0 radical (unpaired) electrons. The molecule has 0 spiro atoms. The molecule has 24 heavy (non-hydrogen) atoms. The van der Waals surface area contributed by atoms with Gasteiger partial charge in [0.2, 0.25) is 12.2 Å². The highest BCUT2D eigenvalue weighted by atomic mass is 16.7. The molecular weight excluding hydrogens is 312 g/mol. The first-order valence-corrected chi connectivity index (χ1v) is 7.29. The molecule has 1 aliphatic heterocycles. The van der Waals surface area contributed by atoms with Crippen molar-refractivity contribution in [1.82, 2.24) is 0 Å². The summed E-state index contributed by atoms with van der Waals surface area (Å²) in [5.41, 5.74) is 1.42. The van der Waals surface area contributed by atoms with Gasteiger partial charge in [-0.05, 0) is 23.8 Å². The minimum atomic E-state index is -0.151. The molecule has 1 aromatic heterocycles. The molecule has 0 unspecified atom stereocenters. The number of fused-ring (bicyclic) bond motifs is 2. The minimum absolute atomic E-state index is 0.141. The van der Waals surface area contributed by atoms with Gasteiger partial charge in [-0.25, -0.2) is 0 Å². The Morgan fingerprint density at radius 2 is 1.71 bits per heavy atom. The minimum Gasteiger partial charge on any atom is -0.493 e. The molecule has 1 aliphatic rings. The van der Waals surface area contributed by atoms with Crippen LogP contribution in [0.25, 0.3) is 22.1 Å². The third-order valence-electron chi connectivity index (χ3n) is 3.96. The van der Waals surface area contributed by atoms with Crippen molar-refractivity contribution in [3.8, 4) is 34.1 Å². The van der Waals surface area contributed by atoms with Crippen molar-refractivity contribution in [2.45, 2.75) is 0 Å². The zero-order chi connectivity index (χ0) is 16.7. The van der Waals surface area contributed by atoms with E-state index < -0.39 is 0 Å². The summed E-state index contributed by atoms with van der Waals surface area (Å²) in [7, 11) is 3.11. The van der Waals surface area contributed by atoms with Crippen molar-refractivity contribution in [3.05, 3.63) is 46.8 Å². The molecule has 3 aromatic rings. The third kappa shape index (κ3) is 2.15. The maximum absolute atomic E-state index is 12.9. The highest BCUT2D eigenvalue weighted by Gasteiger charge is 2.18. The van der Waals surface area contributed by atoms with E-state index >= 15 is 0 Å². The van der Waals surface area contributed by atoms with Gasteiger partial charge in [0.1, 0.15) is 11.8 Å². The standard InChI is InChI=1S/C18H14O6/c1-20-13-4-3-10(5-15(13)21-2)12-8-22-14-7-17-16(23-9-24-17)6-11(14)18(12)19/h3-8H,9H2,1-2H3. The van der Waals surface area contributed by atoms with E-state index in [4.69, 9.17) is 23.4 Å². The van der Waals surface area contributed by atoms with Gasteiger partial charge in [0, 0.05) is 6.07 Å². The molecule has 0 bridgehead atoms. The highest BCUT2D eigenvalue weighted by molar-refractivity contribution is 5.85. The van der Waals surface area contributed by atoms with Gasteiger partial charge in [-0.3, -0.25) is 4.79 Å². The SMILES string of the molecule is COc1ccc(-c2coc3cc4c(cc3c2=O)OCO4)cc1OC. The molecule has 6 nitrogen and oxygen atoms in total. The van der Waals surface area contributed by atoms with Crippen molar-refractivity contribution < 1.29 is 23.4 Å². The summed E-state index contributed by atoms with van der Waals surface area (Å²) in [6.07, 6.45) is 1.44. The number of hydrogen-bond donors (Lipinski definition) is 0. The number of benzene rings is 2. The van der Waals surface area contributed by atoms with E-state index in [2.05, 4.69) is 0 Å². The maximum Gasteiger partial charge on any atom is 0.231 e. The third-order valence-corrected chi connectivity index (χ3v) is 3.96. The van der Waals surface area contributed by atoms with Crippen molar-refractivity contribution in [1.29, 1.82) is 0 Å². The molecule has 0 fully saturated rings. The van der Waals surface area contributed by atoms with E-state index in [9.17, 15) is 4.79 Å². The second kappa shape index (κ2) is 5.49. The summed E-state index contributed by atoms with van der Waals surface area (Å²) < 4.78 is 26.8. The Morgan fingerprint density at radius 3 is 2.46 bits per heavy atom. The predicted molar refractivity (Wildman–Crippen MR) is 87.1 cm³/mol. The first-order valence-electron chi connectivity index (χ1n) is 7.29. The molecule has 0 N–H and O–H groups in total. The van der Waals surface area contributed by atoms with Gasteiger partial charge < -0.3 is 23.4 Å². The lowest BCUT2D eigenvalue weighted by Crippen LogP contribution is -2.05. The first-order chi connectivity index (χ1) is 11.7. The molecule has 2 aromatic carbocycles. The Kier molecular flexibility index (Phi) is 3.30. The fourth-order valence-electron chi connectivity index (χ4n) is 2.72. The second-order valence-electron chi connectivity index (χ2n) is 5.25. The summed E-state index contributed by atoms with van der Waals surface area (Å²) in [6.45, 7) is 0.141. The molecule has 122 valence electrons. The summed E-state index contributed by atoms with van der Waals surface area (Å²) in [5.74, 6) is 2.25. The van der Waals surface area contributed by atoms with Gasteiger partial charge in [-0.1, -0.05) is 6.07 Å². The summed E-state index contributed by atoms with van der Waals surface area (Å²) in [6, 6.07) is 8.58. The van der Waals surface area contributed by atoms with Crippen LogP contribution in [0.15, 0.2) is 45.8 Å². The Hall–Kier alpha value is -3.15. The second-order valence-corrected chi connectivity index (χ2v) is 5.25. The van der Waals surface area contributed by atoms with E-state index in [1.54, 1.807) is 44.6 Å². The van der Waals surface area contributed by atoms with Gasteiger partial charge in [-0.15, -0.1) is 0 Å². The van der Waals surface area contributed by atoms with Crippen LogP contribution < -0.4 is 24.4 Å². The highest BCUT2D eigenvalue weighted by Crippen LogP contribution is 2.36. The fourth-order valence-corrected chi connectivity index (χ4v) is 2.72. The van der Waals surface area contributed by atoms with Gasteiger partial charge in [-0.2, -0.15) is 0 Å². The van der Waals surface area contributed by atoms with Gasteiger partial charge in [0.05, 0.1) is 25.2 Å². The average molecular weight is 326 g/mol. The topological polar surface area (TPSA) is 67.1 Å². The van der Waals surface area contributed by atoms with Crippen LogP contribution in [0.3, 0.4) is 0 Å². The Morgan fingerprint density at radius 1 is 0.958 bits per heavy atom. The van der Waals surface area contributed by atoms with Crippen LogP contribution >= 0.6 is 0 Å². The van der Waals surface area contributed by atoms with Gasteiger partial charge in [0.25, 0.3) is 0 Å². The Balaban J connectivity index is 1.90. The van der Waals surface area contributed by atoms with Gasteiger partial charge >= 0.3 is 0 Å². The molecule has 2 heterocycles. The van der Waals surface area contributed by atoms with Crippen LogP contribution in [-0.4, -0.2) is 21.0 Å². The first kappa shape index (κ1) is 14.4. The molecule has 0 atom stereocenters. The van der Waals surface area contributed by atoms with Crippen molar-refractivity contribution >= 4 is 11.0 Å². The van der Waals surface area contributed by atoms with E-state index in [1.165, 1.54) is 6.26 Å². The zero-order valence-electron chi connectivity index (χ0n) is 13.1. The summed E-state index contributed by atoms with van der Waals surface area (Å²) in [4.78, 5) is 12.9. The van der Waals surface area contributed by atoms with Gasteiger partial charge in [0.15, 0.2) is 23.0 Å². The predicted octanol–water partition coefficient (Wildman–Crippen LogP) is 3.21. The summed E-state index contributed by atoms with van der Waals surface area (Å²) >= 11 is 0. The molecule has 0 aliphatic carbocycles. The number of rotatable bonds is 3. The van der Waals surface area contributed by atoms with Crippen LogP contribution in [0, 0.1) is 0 Å². The van der Waals surface area contributed by atoms with Crippen LogP contribution in [0.4, 0.5) is 0 Å². The molecule has 0 saturated carbocycles. The lowest BCUT2D eigenvalue weighted by atomic mass is 10.0. The van der Waals surface area contributed by atoms with Crippen LogP contribution in [0.2, 0.25) is 0 Å². The van der Waals surface area contributed by atoms with E-state index in [1.807, 2.05) is 0 Å². The van der Waals surface area contributed by atoms with E-state index in [0.717, 1.165) is 0 Å². The van der Waals surface area contributed by atoms with E-state index in [-0.39, 0.29) is 12.2 Å². The average Bonchev–Trinajstić information content (AvgIpc) is 3.07. The van der Waals surface area contributed by atoms with Crippen molar-refractivity contribution in [3.63, 3.8) is 0 Å². The molecule has 4 rings (SSSR count). The Labute approximate surface area is 137 Å². The molecule has 6 heteroatoms. The molecular formula is C18H14O6. The van der Waals surface area contributed by atoms with Crippen molar-refractivity contribution in [2.75, 3.05) is 21.0 Å². The lowest BCUT2D eigenvalue weighted by Gasteiger charge is -2.09. The van der Waals surface area contributed by atoms with Crippen molar-refractivity contribution in [2.24, 2.45) is 0 Å². The van der Waals surface area contributed by atoms with Crippen LogP contribution in [0.5, 0.6) is 23.0 Å². The number of hydrogen-bond acceptors (Lipinski definition) is 6. The normalized spacial score (nSPS) is 12.4. The fraction of sp³-hybridized carbons (Fsp3) is 0.167. The Bertz CT molecular complexity index is 989. The number of methoxy groups -OCH3 is 2. The number of ether oxygens (including phenoxy) is 4. The molecule has 0 amide bonds. The van der Waals surface area contributed by atoms with E-state index in [0.29, 0.717) is 45.1 Å². The lowest BCUT2D eigenvalue weighted by molar-refractivity contribution is 0.174. The maximum atomic E-state index is 12.9. The zero-order valence-corrected chi connectivity index (χ0v) is 13.1. The largest absolute Gasteiger partial charge is 0.493 e.